The van der Waals surface area contributed by atoms with Crippen LogP contribution in [0, 0.1) is 6.92 Å². The van der Waals surface area contributed by atoms with Crippen molar-refractivity contribution in [2.75, 3.05) is 4.90 Å². The van der Waals surface area contributed by atoms with Crippen molar-refractivity contribution in [1.82, 2.24) is 0 Å². The highest BCUT2D eigenvalue weighted by Gasteiger charge is 2.46. The number of amides is 1. The molecule has 4 rings (SSSR count). The van der Waals surface area contributed by atoms with Gasteiger partial charge in [-0.15, -0.1) is 0 Å². The number of carbonyl (C=O) groups excluding carboxylic acids is 2. The smallest absolute Gasteiger partial charge is 0.300 e. The average molecular weight is 483 g/mol. The van der Waals surface area contributed by atoms with Crippen LogP contribution in [0.25, 0.3) is 5.76 Å². The van der Waals surface area contributed by atoms with Crippen molar-refractivity contribution in [2.24, 2.45) is 0 Å². The summed E-state index contributed by atoms with van der Waals surface area (Å²) in [4.78, 5) is 27.6. The third-order valence-corrected chi connectivity index (χ3v) is 5.81. The summed E-state index contributed by atoms with van der Waals surface area (Å²) < 4.78 is 0.872. The zero-order valence-electron chi connectivity index (χ0n) is 16.0. The number of ketones is 1. The van der Waals surface area contributed by atoms with E-state index in [1.54, 1.807) is 30.3 Å². The number of benzene rings is 3. The maximum absolute atomic E-state index is 13.1. The van der Waals surface area contributed by atoms with Gasteiger partial charge in [0.05, 0.1) is 11.6 Å². The Kier molecular flexibility index (Phi) is 5.50. The van der Waals surface area contributed by atoms with Gasteiger partial charge in [-0.05, 0) is 66.6 Å². The van der Waals surface area contributed by atoms with E-state index in [-0.39, 0.29) is 11.3 Å². The highest BCUT2D eigenvalue weighted by atomic mass is 79.9. The number of aliphatic hydroxyl groups excluding tert-OH is 1. The number of rotatable bonds is 3. The highest BCUT2D eigenvalue weighted by molar-refractivity contribution is 9.10. The third-order valence-electron chi connectivity index (χ3n) is 5.03. The van der Waals surface area contributed by atoms with Crippen LogP contribution in [0.3, 0.4) is 0 Å². The number of anilines is 1. The minimum absolute atomic E-state index is 0.0474. The lowest BCUT2D eigenvalue weighted by Crippen LogP contribution is -2.29. The molecule has 1 amide bonds. The van der Waals surface area contributed by atoms with Gasteiger partial charge >= 0.3 is 0 Å². The monoisotopic (exact) mass is 481 g/mol. The van der Waals surface area contributed by atoms with Gasteiger partial charge < -0.3 is 5.11 Å². The van der Waals surface area contributed by atoms with Crippen LogP contribution in [0.15, 0.2) is 82.8 Å². The predicted molar refractivity (Wildman–Crippen MR) is 122 cm³/mol. The van der Waals surface area contributed by atoms with Gasteiger partial charge in [0.1, 0.15) is 5.76 Å². The number of hydrogen-bond acceptors (Lipinski definition) is 3. The van der Waals surface area contributed by atoms with Gasteiger partial charge in [0.2, 0.25) is 0 Å². The molecule has 0 unspecified atom stereocenters. The van der Waals surface area contributed by atoms with E-state index in [1.165, 1.54) is 4.90 Å². The second-order valence-corrected chi connectivity index (χ2v) is 8.42. The molecule has 3 aromatic rings. The average Bonchev–Trinajstić information content (AvgIpc) is 2.99. The summed E-state index contributed by atoms with van der Waals surface area (Å²) >= 11 is 9.37. The molecule has 0 aromatic heterocycles. The minimum atomic E-state index is -0.754. The first kappa shape index (κ1) is 20.4. The lowest BCUT2D eigenvalue weighted by Gasteiger charge is -2.25. The van der Waals surface area contributed by atoms with E-state index < -0.39 is 17.7 Å². The van der Waals surface area contributed by atoms with Gasteiger partial charge in [-0.2, -0.15) is 0 Å². The van der Waals surface area contributed by atoms with Crippen molar-refractivity contribution in [1.29, 1.82) is 0 Å². The maximum atomic E-state index is 13.1. The Morgan fingerprint density at radius 3 is 2.30 bits per heavy atom. The molecule has 0 radical (unpaired) electrons. The Labute approximate surface area is 187 Å². The molecule has 1 fully saturated rings. The molecule has 1 aliphatic heterocycles. The van der Waals surface area contributed by atoms with Crippen molar-refractivity contribution < 1.29 is 14.7 Å². The van der Waals surface area contributed by atoms with Crippen LogP contribution < -0.4 is 4.90 Å². The summed E-state index contributed by atoms with van der Waals surface area (Å²) in [5.41, 5.74) is 2.74. The van der Waals surface area contributed by atoms with Crippen LogP contribution in [-0.4, -0.2) is 16.8 Å². The Bertz CT molecular complexity index is 1170. The summed E-state index contributed by atoms with van der Waals surface area (Å²) in [7, 11) is 0. The fourth-order valence-corrected chi connectivity index (χ4v) is 3.99. The Morgan fingerprint density at radius 1 is 1.00 bits per heavy atom. The predicted octanol–water partition coefficient (Wildman–Crippen LogP) is 6.04. The fourth-order valence-electron chi connectivity index (χ4n) is 3.60. The number of carbonyl (C=O) groups is 2. The Morgan fingerprint density at radius 2 is 1.67 bits per heavy atom. The van der Waals surface area contributed by atoms with Crippen LogP contribution in [0.2, 0.25) is 5.02 Å². The molecule has 0 saturated carbocycles. The number of Topliss-reactive ketones (excluding diaryl/α,β-unsaturated/α-hetero) is 1. The zero-order valence-corrected chi connectivity index (χ0v) is 18.3. The molecule has 0 bridgehead atoms. The van der Waals surface area contributed by atoms with E-state index in [9.17, 15) is 14.7 Å². The molecular weight excluding hydrogens is 466 g/mol. The van der Waals surface area contributed by atoms with Crippen molar-refractivity contribution >= 4 is 50.7 Å². The molecular formula is C24H17BrClNO3. The van der Waals surface area contributed by atoms with Gasteiger partial charge in [-0.25, -0.2) is 0 Å². The van der Waals surface area contributed by atoms with E-state index in [0.717, 1.165) is 15.6 Å². The first-order chi connectivity index (χ1) is 14.4. The van der Waals surface area contributed by atoms with Crippen LogP contribution in [0.4, 0.5) is 5.69 Å². The summed E-state index contributed by atoms with van der Waals surface area (Å²) in [6, 6.07) is 20.5. The number of nitrogens with zero attached hydrogens (tertiary/aromatic N) is 1. The molecule has 0 spiro atoms. The number of aliphatic hydroxyl groups is 1. The zero-order chi connectivity index (χ0) is 21.4. The SMILES string of the molecule is Cc1cccc(N2C(=O)C(=O)C(=C(O)c3ccc(Cl)cc3)[C@@H]2c2ccc(Br)cc2)c1. The molecule has 1 heterocycles. The maximum Gasteiger partial charge on any atom is 0.300 e. The van der Waals surface area contributed by atoms with Gasteiger partial charge in [0.15, 0.2) is 0 Å². The van der Waals surface area contributed by atoms with Gasteiger partial charge in [0.25, 0.3) is 11.7 Å². The number of aryl methyl sites for hydroxylation is 1. The topological polar surface area (TPSA) is 57.6 Å². The van der Waals surface area contributed by atoms with Crippen molar-refractivity contribution in [3.63, 3.8) is 0 Å². The Balaban J connectivity index is 1.95. The second kappa shape index (κ2) is 8.09. The van der Waals surface area contributed by atoms with Crippen LogP contribution in [0.1, 0.15) is 22.7 Å². The van der Waals surface area contributed by atoms with E-state index in [4.69, 9.17) is 11.6 Å². The summed E-state index contributed by atoms with van der Waals surface area (Å²) in [6.07, 6.45) is 0. The fraction of sp³-hybridized carbons (Fsp3) is 0.0833. The number of halogens is 2. The molecule has 4 nitrogen and oxygen atoms in total. The van der Waals surface area contributed by atoms with Gasteiger partial charge in [-0.3, -0.25) is 14.5 Å². The van der Waals surface area contributed by atoms with Gasteiger partial charge in [-0.1, -0.05) is 51.8 Å². The quantitative estimate of drug-likeness (QED) is 0.281. The lowest BCUT2D eigenvalue weighted by atomic mass is 9.95. The molecule has 30 heavy (non-hydrogen) atoms. The highest BCUT2D eigenvalue weighted by Crippen LogP contribution is 2.42. The van der Waals surface area contributed by atoms with Crippen molar-refractivity contribution in [2.45, 2.75) is 13.0 Å². The summed E-state index contributed by atoms with van der Waals surface area (Å²) in [5, 5.41) is 11.5. The van der Waals surface area contributed by atoms with E-state index in [0.29, 0.717) is 16.3 Å². The van der Waals surface area contributed by atoms with Crippen LogP contribution in [-0.2, 0) is 9.59 Å². The molecule has 1 saturated heterocycles. The third kappa shape index (κ3) is 3.66. The molecule has 1 N–H and O–H groups in total. The van der Waals surface area contributed by atoms with Gasteiger partial charge in [0, 0.05) is 20.7 Å². The molecule has 3 aromatic carbocycles. The molecule has 150 valence electrons. The van der Waals surface area contributed by atoms with Crippen LogP contribution in [0.5, 0.6) is 0 Å². The molecule has 6 heteroatoms. The molecule has 1 atom stereocenters. The largest absolute Gasteiger partial charge is 0.507 e. The normalized spacial score (nSPS) is 18.1. The lowest BCUT2D eigenvalue weighted by molar-refractivity contribution is -0.132. The molecule has 0 aliphatic carbocycles. The standard InChI is InChI=1S/C24H17BrClNO3/c1-14-3-2-4-19(13-14)27-21(15-5-9-17(25)10-6-15)20(23(29)24(27)30)22(28)16-7-11-18(26)12-8-16/h2-13,21,28H,1H3/t21-/m0/s1. The minimum Gasteiger partial charge on any atom is -0.507 e. The van der Waals surface area contributed by atoms with Crippen molar-refractivity contribution in [3.05, 3.63) is 105 Å². The second-order valence-electron chi connectivity index (χ2n) is 7.07. The van der Waals surface area contributed by atoms with E-state index in [1.807, 2.05) is 49.4 Å². The summed E-state index contributed by atoms with van der Waals surface area (Å²) in [5.74, 6) is -1.63. The van der Waals surface area contributed by atoms with E-state index in [2.05, 4.69) is 15.9 Å². The first-order valence-corrected chi connectivity index (χ1v) is 10.4. The molecule has 1 aliphatic rings. The first-order valence-electron chi connectivity index (χ1n) is 9.26. The van der Waals surface area contributed by atoms with Crippen LogP contribution >= 0.6 is 27.5 Å². The number of hydrogen-bond donors (Lipinski definition) is 1. The summed E-state index contributed by atoms with van der Waals surface area (Å²) in [6.45, 7) is 1.92. The Hall–Kier alpha value is -2.89. The van der Waals surface area contributed by atoms with E-state index >= 15 is 0 Å². The van der Waals surface area contributed by atoms with Crippen molar-refractivity contribution in [3.8, 4) is 0 Å².